The standard InChI is InChI=1S/C11H17BrN2O3S2/c1-17-5-4-14(8-2-3-8)19(15,16)10-6-9(7-13)18-11(10)12/h6,8H,2-5,7,13H2,1H3. The molecule has 0 bridgehead atoms. The number of sulfonamides is 1. The van der Waals surface area contributed by atoms with Gasteiger partial charge in [0, 0.05) is 31.1 Å². The topological polar surface area (TPSA) is 72.6 Å². The maximum absolute atomic E-state index is 12.7. The van der Waals surface area contributed by atoms with E-state index in [0.717, 1.165) is 17.7 Å². The minimum absolute atomic E-state index is 0.119. The van der Waals surface area contributed by atoms with Crippen molar-refractivity contribution in [3.05, 3.63) is 14.7 Å². The van der Waals surface area contributed by atoms with E-state index in [4.69, 9.17) is 10.5 Å². The molecule has 1 aromatic heterocycles. The summed E-state index contributed by atoms with van der Waals surface area (Å²) in [6.07, 6.45) is 1.85. The van der Waals surface area contributed by atoms with Crippen molar-refractivity contribution in [3.8, 4) is 0 Å². The number of halogens is 1. The summed E-state index contributed by atoms with van der Waals surface area (Å²) >= 11 is 4.69. The van der Waals surface area contributed by atoms with Crippen LogP contribution in [0.2, 0.25) is 0 Å². The van der Waals surface area contributed by atoms with E-state index in [1.165, 1.54) is 11.3 Å². The summed E-state index contributed by atoms with van der Waals surface area (Å²) in [5, 5.41) is 0. The summed E-state index contributed by atoms with van der Waals surface area (Å²) in [5.74, 6) is 0. The third-order valence-corrected chi connectivity index (χ3v) is 7.19. The maximum Gasteiger partial charge on any atom is 0.245 e. The van der Waals surface area contributed by atoms with Gasteiger partial charge in [0.05, 0.1) is 10.4 Å². The number of hydrogen-bond donors (Lipinski definition) is 1. The number of ether oxygens (including phenoxy) is 1. The number of methoxy groups -OCH3 is 1. The van der Waals surface area contributed by atoms with E-state index in [9.17, 15) is 8.42 Å². The molecule has 2 N–H and O–H groups in total. The van der Waals surface area contributed by atoms with Crippen molar-refractivity contribution in [2.45, 2.75) is 30.3 Å². The Morgan fingerprint density at radius 1 is 1.58 bits per heavy atom. The second-order valence-electron chi connectivity index (χ2n) is 4.39. The van der Waals surface area contributed by atoms with Crippen LogP contribution >= 0.6 is 27.3 Å². The van der Waals surface area contributed by atoms with E-state index < -0.39 is 10.0 Å². The van der Waals surface area contributed by atoms with Gasteiger partial charge < -0.3 is 10.5 Å². The second-order valence-corrected chi connectivity index (χ2v) is 8.71. The van der Waals surface area contributed by atoms with E-state index in [1.54, 1.807) is 17.5 Å². The molecule has 0 aromatic carbocycles. The van der Waals surface area contributed by atoms with Crippen molar-refractivity contribution < 1.29 is 13.2 Å². The Balaban J connectivity index is 2.30. The van der Waals surface area contributed by atoms with Crippen molar-refractivity contribution in [2.75, 3.05) is 20.3 Å². The Kier molecular flexibility index (Phi) is 5.02. The smallest absolute Gasteiger partial charge is 0.245 e. The zero-order valence-corrected chi connectivity index (χ0v) is 13.9. The average Bonchev–Trinajstić information content (AvgIpc) is 3.11. The zero-order chi connectivity index (χ0) is 14.0. The molecule has 0 spiro atoms. The molecular formula is C11H17BrN2O3S2. The van der Waals surface area contributed by atoms with Gasteiger partial charge in [-0.1, -0.05) is 0 Å². The maximum atomic E-state index is 12.7. The molecule has 108 valence electrons. The molecular weight excluding hydrogens is 352 g/mol. The average molecular weight is 369 g/mol. The van der Waals surface area contributed by atoms with Crippen molar-refractivity contribution in [2.24, 2.45) is 5.73 Å². The molecule has 8 heteroatoms. The molecule has 2 rings (SSSR count). The van der Waals surface area contributed by atoms with Crippen LogP contribution < -0.4 is 5.73 Å². The van der Waals surface area contributed by atoms with Crippen molar-refractivity contribution in [1.29, 1.82) is 0 Å². The first-order chi connectivity index (χ1) is 9.00. The molecule has 1 aliphatic rings. The van der Waals surface area contributed by atoms with Gasteiger partial charge in [0.15, 0.2) is 0 Å². The van der Waals surface area contributed by atoms with E-state index in [-0.39, 0.29) is 6.04 Å². The largest absolute Gasteiger partial charge is 0.383 e. The quantitative estimate of drug-likeness (QED) is 0.795. The van der Waals surface area contributed by atoms with E-state index in [0.29, 0.717) is 28.4 Å². The van der Waals surface area contributed by atoms with Gasteiger partial charge >= 0.3 is 0 Å². The Hall–Kier alpha value is 0.01000. The fraction of sp³-hybridized carbons (Fsp3) is 0.636. The fourth-order valence-corrected chi connectivity index (χ4v) is 6.03. The summed E-state index contributed by atoms with van der Waals surface area (Å²) < 4.78 is 32.5. The first-order valence-corrected chi connectivity index (χ1v) is 9.04. The highest BCUT2D eigenvalue weighted by atomic mass is 79.9. The summed E-state index contributed by atoms with van der Waals surface area (Å²) in [5.41, 5.74) is 5.56. The molecule has 0 atom stereocenters. The van der Waals surface area contributed by atoms with Crippen LogP contribution in [0, 0.1) is 0 Å². The molecule has 0 radical (unpaired) electrons. The monoisotopic (exact) mass is 368 g/mol. The lowest BCUT2D eigenvalue weighted by molar-refractivity contribution is 0.177. The number of nitrogens with zero attached hydrogens (tertiary/aromatic N) is 1. The van der Waals surface area contributed by atoms with Crippen LogP contribution in [0.15, 0.2) is 14.7 Å². The van der Waals surface area contributed by atoms with E-state index in [1.807, 2.05) is 0 Å². The molecule has 1 heterocycles. The van der Waals surface area contributed by atoms with Crippen LogP contribution in [0.4, 0.5) is 0 Å². The summed E-state index contributed by atoms with van der Waals surface area (Å²) in [6, 6.07) is 1.78. The van der Waals surface area contributed by atoms with Crippen LogP contribution in [-0.4, -0.2) is 39.0 Å². The number of rotatable bonds is 7. The minimum atomic E-state index is -3.47. The van der Waals surface area contributed by atoms with Gasteiger partial charge in [-0.3, -0.25) is 0 Å². The summed E-state index contributed by atoms with van der Waals surface area (Å²) in [7, 11) is -1.89. The third-order valence-electron chi connectivity index (χ3n) is 2.96. The zero-order valence-electron chi connectivity index (χ0n) is 10.6. The molecule has 5 nitrogen and oxygen atoms in total. The first kappa shape index (κ1) is 15.4. The molecule has 1 saturated carbocycles. The van der Waals surface area contributed by atoms with Crippen LogP contribution in [0.25, 0.3) is 0 Å². The van der Waals surface area contributed by atoms with Crippen LogP contribution in [0.1, 0.15) is 17.7 Å². The predicted molar refractivity (Wildman–Crippen MR) is 78.7 cm³/mol. The first-order valence-electron chi connectivity index (χ1n) is 5.99. The highest BCUT2D eigenvalue weighted by Crippen LogP contribution is 2.37. The van der Waals surface area contributed by atoms with Gasteiger partial charge in [-0.2, -0.15) is 4.31 Å². The van der Waals surface area contributed by atoms with Crippen LogP contribution in [0.3, 0.4) is 0 Å². The molecule has 0 amide bonds. The molecule has 1 aromatic rings. The summed E-state index contributed by atoms with van der Waals surface area (Å²) in [6.45, 7) is 1.14. The third kappa shape index (κ3) is 3.37. The number of thiophene rings is 1. The predicted octanol–water partition coefficient (Wildman–Crippen LogP) is 1.77. The Labute approximate surface area is 125 Å². The SMILES string of the molecule is COCCN(C1CC1)S(=O)(=O)c1cc(CN)sc1Br. The number of hydrogen-bond acceptors (Lipinski definition) is 5. The number of nitrogens with two attached hydrogens (primary N) is 1. The van der Waals surface area contributed by atoms with Crippen molar-refractivity contribution in [3.63, 3.8) is 0 Å². The molecule has 0 saturated heterocycles. The van der Waals surface area contributed by atoms with Crippen molar-refractivity contribution >= 4 is 37.3 Å². The van der Waals surface area contributed by atoms with Gasteiger partial charge in [-0.25, -0.2) is 8.42 Å². The minimum Gasteiger partial charge on any atom is -0.383 e. The second kappa shape index (κ2) is 6.19. The molecule has 0 aliphatic heterocycles. The lowest BCUT2D eigenvalue weighted by atomic mass is 10.5. The van der Waals surface area contributed by atoms with Crippen LogP contribution in [-0.2, 0) is 21.3 Å². The molecule has 1 fully saturated rings. The van der Waals surface area contributed by atoms with Crippen molar-refractivity contribution in [1.82, 2.24) is 4.31 Å². The summed E-state index contributed by atoms with van der Waals surface area (Å²) in [4.78, 5) is 1.17. The highest BCUT2D eigenvalue weighted by Gasteiger charge is 2.39. The van der Waals surface area contributed by atoms with Crippen LogP contribution in [0.5, 0.6) is 0 Å². The van der Waals surface area contributed by atoms with Gasteiger partial charge in [0.25, 0.3) is 0 Å². The van der Waals surface area contributed by atoms with Gasteiger partial charge in [0.2, 0.25) is 10.0 Å². The Morgan fingerprint density at radius 2 is 2.26 bits per heavy atom. The Morgan fingerprint density at radius 3 is 2.74 bits per heavy atom. The fourth-order valence-electron chi connectivity index (χ4n) is 1.84. The van der Waals surface area contributed by atoms with Gasteiger partial charge in [-0.15, -0.1) is 11.3 Å². The van der Waals surface area contributed by atoms with E-state index >= 15 is 0 Å². The van der Waals surface area contributed by atoms with E-state index in [2.05, 4.69) is 15.9 Å². The molecule has 0 unspecified atom stereocenters. The molecule has 19 heavy (non-hydrogen) atoms. The van der Waals surface area contributed by atoms with Gasteiger partial charge in [0.1, 0.15) is 4.90 Å². The lowest BCUT2D eigenvalue weighted by Gasteiger charge is -2.21. The molecule has 1 aliphatic carbocycles. The van der Waals surface area contributed by atoms with Gasteiger partial charge in [-0.05, 0) is 34.8 Å². The lowest BCUT2D eigenvalue weighted by Crippen LogP contribution is -2.35. The highest BCUT2D eigenvalue weighted by molar-refractivity contribution is 9.11. The Bertz CT molecular complexity index is 540. The normalized spacial score (nSPS) is 16.2.